The van der Waals surface area contributed by atoms with Crippen molar-refractivity contribution in [1.82, 2.24) is 5.32 Å². The van der Waals surface area contributed by atoms with E-state index in [2.05, 4.69) is 5.32 Å². The van der Waals surface area contributed by atoms with Crippen LogP contribution in [-0.4, -0.2) is 24.3 Å². The topological polar surface area (TPSA) is 55.4 Å². The Bertz CT molecular complexity index is 1460. The Labute approximate surface area is 227 Å². The molecule has 1 N–H and O–H groups in total. The second-order valence-electron chi connectivity index (χ2n) is 10.3. The molecule has 1 unspecified atom stereocenters. The minimum atomic E-state index is -3.57. The molecule has 200 valence electrons. The molecule has 0 heterocycles. The van der Waals surface area contributed by atoms with Crippen LogP contribution in [0.4, 0.5) is 8.78 Å². The summed E-state index contributed by atoms with van der Waals surface area (Å²) in [6.07, 6.45) is 4.78. The number of aryl methyl sites for hydroxylation is 1. The van der Waals surface area contributed by atoms with Crippen molar-refractivity contribution >= 4 is 23.0 Å². The van der Waals surface area contributed by atoms with E-state index >= 15 is 8.78 Å². The van der Waals surface area contributed by atoms with Crippen LogP contribution in [-0.2, 0) is 21.9 Å². The Kier molecular flexibility index (Phi) is 7.73. The molecule has 1 aliphatic rings. The molecular formula is C33H31F2NO3. The van der Waals surface area contributed by atoms with Crippen LogP contribution in [0.25, 0.3) is 21.9 Å². The summed E-state index contributed by atoms with van der Waals surface area (Å²) in [6.45, 7) is 1.98. The molecule has 39 heavy (non-hydrogen) atoms. The van der Waals surface area contributed by atoms with E-state index in [1.54, 1.807) is 18.2 Å². The van der Waals surface area contributed by atoms with Crippen molar-refractivity contribution in [2.24, 2.45) is 0 Å². The van der Waals surface area contributed by atoms with E-state index in [4.69, 9.17) is 4.74 Å². The van der Waals surface area contributed by atoms with Crippen molar-refractivity contribution in [3.63, 3.8) is 0 Å². The van der Waals surface area contributed by atoms with Gasteiger partial charge in [-0.2, -0.15) is 8.78 Å². The van der Waals surface area contributed by atoms with Gasteiger partial charge in [-0.15, -0.1) is 0 Å². The van der Waals surface area contributed by atoms with Gasteiger partial charge in [-0.1, -0.05) is 78.4 Å². The fraction of sp³-hybridized carbons (Fsp3) is 0.273. The number of carbonyl (C=O) groups is 2. The number of carbonyl (C=O) groups excluding carboxylic acids is 2. The lowest BCUT2D eigenvalue weighted by atomic mass is 9.97. The van der Waals surface area contributed by atoms with Gasteiger partial charge in [0, 0.05) is 5.56 Å². The lowest BCUT2D eigenvalue weighted by Gasteiger charge is -2.24. The highest BCUT2D eigenvalue weighted by Crippen LogP contribution is 2.33. The third kappa shape index (κ3) is 6.17. The van der Waals surface area contributed by atoms with Crippen LogP contribution in [0.1, 0.15) is 42.4 Å². The molecule has 0 aromatic heterocycles. The van der Waals surface area contributed by atoms with Crippen molar-refractivity contribution in [2.45, 2.75) is 57.1 Å². The minimum absolute atomic E-state index is 0.0953. The zero-order chi connectivity index (χ0) is 27.4. The van der Waals surface area contributed by atoms with E-state index in [-0.39, 0.29) is 24.4 Å². The predicted octanol–water partition coefficient (Wildman–Crippen LogP) is 7.15. The first-order valence-corrected chi connectivity index (χ1v) is 13.3. The Morgan fingerprint density at radius 2 is 1.54 bits per heavy atom. The molecule has 1 aliphatic carbocycles. The van der Waals surface area contributed by atoms with Crippen molar-refractivity contribution < 1.29 is 23.1 Å². The van der Waals surface area contributed by atoms with E-state index in [1.165, 1.54) is 25.0 Å². The Balaban J connectivity index is 1.24. The summed E-state index contributed by atoms with van der Waals surface area (Å²) in [5, 5.41) is 4.12. The van der Waals surface area contributed by atoms with Gasteiger partial charge in [-0.3, -0.25) is 4.79 Å². The highest BCUT2D eigenvalue weighted by Gasteiger charge is 2.42. The summed E-state index contributed by atoms with van der Waals surface area (Å²) in [4.78, 5) is 24.3. The van der Waals surface area contributed by atoms with Gasteiger partial charge >= 0.3 is 0 Å². The highest BCUT2D eigenvalue weighted by molar-refractivity contribution is 5.87. The fourth-order valence-electron chi connectivity index (χ4n) is 5.09. The van der Waals surface area contributed by atoms with Crippen LogP contribution in [0, 0.1) is 6.92 Å². The molecule has 6 heteroatoms. The SMILES string of the molecule is Cc1ccc(-c2ccc(C(F)(F)C(C=O)NC(=O)Cc3ccc4cc(OC5CCCC5)ccc4c3)cc2)cc1. The van der Waals surface area contributed by atoms with E-state index in [1.807, 2.05) is 61.5 Å². The smallest absolute Gasteiger partial charge is 0.299 e. The summed E-state index contributed by atoms with van der Waals surface area (Å²) in [5.41, 5.74) is 3.13. The molecule has 0 radical (unpaired) electrons. The molecule has 0 spiro atoms. The zero-order valence-corrected chi connectivity index (χ0v) is 21.8. The van der Waals surface area contributed by atoms with Gasteiger partial charge < -0.3 is 14.8 Å². The molecule has 1 saturated carbocycles. The Morgan fingerprint density at radius 3 is 2.21 bits per heavy atom. The number of rotatable bonds is 9. The van der Waals surface area contributed by atoms with Gasteiger partial charge in [-0.25, -0.2) is 0 Å². The molecule has 1 atom stereocenters. The summed E-state index contributed by atoms with van der Waals surface area (Å²) >= 11 is 0. The average molecular weight is 528 g/mol. The Morgan fingerprint density at radius 1 is 0.923 bits per heavy atom. The van der Waals surface area contributed by atoms with E-state index in [0.717, 1.165) is 46.1 Å². The van der Waals surface area contributed by atoms with Crippen LogP contribution in [0.15, 0.2) is 84.9 Å². The summed E-state index contributed by atoms with van der Waals surface area (Å²) in [7, 11) is 0. The van der Waals surface area contributed by atoms with Gasteiger partial charge in [-0.05, 0) is 72.2 Å². The van der Waals surface area contributed by atoms with Gasteiger partial charge in [0.1, 0.15) is 12.0 Å². The third-order valence-electron chi connectivity index (χ3n) is 7.34. The maximum absolute atomic E-state index is 15.2. The standard InChI is InChI=1S/C33H31F2NO3/c1-22-6-9-24(10-7-22)25-12-15-28(16-13-25)33(34,35)31(21-37)36-32(38)19-23-8-11-27-20-30(17-14-26(27)18-23)39-29-4-2-3-5-29/h6-18,20-21,29,31H,2-5,19H2,1H3,(H,36,38). The average Bonchev–Trinajstić information content (AvgIpc) is 3.45. The molecule has 1 amide bonds. The summed E-state index contributed by atoms with van der Waals surface area (Å²) in [6, 6.07) is 22.9. The van der Waals surface area contributed by atoms with Gasteiger partial charge in [0.05, 0.1) is 12.5 Å². The number of aldehydes is 1. The van der Waals surface area contributed by atoms with Gasteiger partial charge in [0.15, 0.2) is 6.04 Å². The second-order valence-corrected chi connectivity index (χ2v) is 10.3. The molecular weight excluding hydrogens is 496 g/mol. The maximum atomic E-state index is 15.2. The normalized spacial score (nSPS) is 14.7. The predicted molar refractivity (Wildman–Crippen MR) is 149 cm³/mol. The van der Waals surface area contributed by atoms with Crippen LogP contribution in [0.2, 0.25) is 0 Å². The number of alkyl halides is 2. The Hall–Kier alpha value is -4.06. The van der Waals surface area contributed by atoms with Crippen LogP contribution in [0.3, 0.4) is 0 Å². The molecule has 4 aromatic rings. The lowest BCUT2D eigenvalue weighted by molar-refractivity contribution is -0.132. The van der Waals surface area contributed by atoms with Crippen molar-refractivity contribution in [3.8, 4) is 16.9 Å². The first kappa shape index (κ1) is 26.5. The van der Waals surface area contributed by atoms with Crippen molar-refractivity contribution in [3.05, 3.63) is 102 Å². The van der Waals surface area contributed by atoms with Crippen LogP contribution >= 0.6 is 0 Å². The fourth-order valence-corrected chi connectivity index (χ4v) is 5.09. The first-order valence-electron chi connectivity index (χ1n) is 13.3. The molecule has 4 nitrogen and oxygen atoms in total. The second kappa shape index (κ2) is 11.4. The number of halogens is 2. The zero-order valence-electron chi connectivity index (χ0n) is 21.8. The molecule has 5 rings (SSSR count). The number of nitrogens with one attached hydrogen (secondary N) is 1. The molecule has 4 aromatic carbocycles. The van der Waals surface area contributed by atoms with Crippen molar-refractivity contribution in [2.75, 3.05) is 0 Å². The maximum Gasteiger partial charge on any atom is 0.299 e. The largest absolute Gasteiger partial charge is 0.490 e. The number of amides is 1. The number of benzene rings is 4. The molecule has 0 bridgehead atoms. The van der Waals surface area contributed by atoms with E-state index in [9.17, 15) is 9.59 Å². The number of hydrogen-bond acceptors (Lipinski definition) is 3. The molecule has 0 aliphatic heterocycles. The minimum Gasteiger partial charge on any atom is -0.490 e. The lowest BCUT2D eigenvalue weighted by Crippen LogP contribution is -2.47. The highest BCUT2D eigenvalue weighted by atomic mass is 19.3. The monoisotopic (exact) mass is 527 g/mol. The van der Waals surface area contributed by atoms with Gasteiger partial charge in [0.2, 0.25) is 5.91 Å². The number of hydrogen-bond donors (Lipinski definition) is 1. The first-order chi connectivity index (χ1) is 18.8. The van der Waals surface area contributed by atoms with E-state index < -0.39 is 17.9 Å². The van der Waals surface area contributed by atoms with Crippen molar-refractivity contribution in [1.29, 1.82) is 0 Å². The summed E-state index contributed by atoms with van der Waals surface area (Å²) in [5.74, 6) is -3.39. The molecule has 1 fully saturated rings. The van der Waals surface area contributed by atoms with Gasteiger partial charge in [0.25, 0.3) is 5.92 Å². The number of fused-ring (bicyclic) bond motifs is 1. The molecule has 0 saturated heterocycles. The number of ether oxygens (including phenoxy) is 1. The van der Waals surface area contributed by atoms with Crippen LogP contribution in [0.5, 0.6) is 5.75 Å². The van der Waals surface area contributed by atoms with Crippen LogP contribution < -0.4 is 10.1 Å². The summed E-state index contributed by atoms with van der Waals surface area (Å²) < 4.78 is 36.5. The van der Waals surface area contributed by atoms with E-state index in [0.29, 0.717) is 5.56 Å². The third-order valence-corrected chi connectivity index (χ3v) is 7.34. The quantitative estimate of drug-likeness (QED) is 0.235.